The lowest BCUT2D eigenvalue weighted by molar-refractivity contribution is 0.0459. The summed E-state index contributed by atoms with van der Waals surface area (Å²) in [7, 11) is 0. The highest BCUT2D eigenvalue weighted by Gasteiger charge is 2.24. The summed E-state index contributed by atoms with van der Waals surface area (Å²) in [5.41, 5.74) is 7.09. The molecule has 2 aromatic heterocycles. The molecular weight excluding hydrogens is 685 g/mol. The summed E-state index contributed by atoms with van der Waals surface area (Å²) in [4.78, 5) is 35.2. The Morgan fingerprint density at radius 1 is 0.765 bits per heavy atom. The number of benzene rings is 4. The van der Waals surface area contributed by atoms with Crippen LogP contribution in [-0.2, 0) is 4.74 Å². The van der Waals surface area contributed by atoms with Gasteiger partial charge >= 0.3 is 12.0 Å². The van der Waals surface area contributed by atoms with Gasteiger partial charge in [0.05, 0.1) is 27.0 Å². The molecule has 7 rings (SSSR count). The van der Waals surface area contributed by atoms with E-state index in [-0.39, 0.29) is 6.61 Å². The number of carbonyl (C=O) groups is 2. The third kappa shape index (κ3) is 7.83. The molecule has 51 heavy (non-hydrogen) atoms. The second-order valence-corrected chi connectivity index (χ2v) is 13.0. The number of nitrogens with one attached hydrogen (secondary N) is 2. The number of urea groups is 1. The van der Waals surface area contributed by atoms with Crippen LogP contribution in [0, 0.1) is 6.92 Å². The molecule has 0 bridgehead atoms. The van der Waals surface area contributed by atoms with Gasteiger partial charge in [0.1, 0.15) is 12.4 Å². The van der Waals surface area contributed by atoms with Crippen molar-refractivity contribution in [3.63, 3.8) is 0 Å². The van der Waals surface area contributed by atoms with Gasteiger partial charge in [0, 0.05) is 61.3 Å². The van der Waals surface area contributed by atoms with E-state index in [2.05, 4.69) is 50.8 Å². The van der Waals surface area contributed by atoms with Crippen LogP contribution >= 0.6 is 23.2 Å². The van der Waals surface area contributed by atoms with Crippen LogP contribution in [0.1, 0.15) is 16.1 Å². The van der Waals surface area contributed by atoms with Gasteiger partial charge in [-0.15, -0.1) is 0 Å². The third-order valence-electron chi connectivity index (χ3n) is 8.75. The lowest BCUT2D eigenvalue weighted by Gasteiger charge is -2.36. The molecule has 0 atom stereocenters. The molecule has 4 aromatic carbocycles. The number of anilines is 3. The van der Waals surface area contributed by atoms with Crippen molar-refractivity contribution < 1.29 is 14.3 Å². The van der Waals surface area contributed by atoms with Gasteiger partial charge in [-0.25, -0.2) is 14.6 Å². The highest BCUT2D eigenvalue weighted by molar-refractivity contribution is 6.42. The Morgan fingerprint density at radius 3 is 2.16 bits per heavy atom. The van der Waals surface area contributed by atoms with Gasteiger partial charge in [-0.05, 0) is 48.9 Å². The summed E-state index contributed by atoms with van der Waals surface area (Å²) in [6.07, 6.45) is 0. The monoisotopic (exact) mass is 719 g/mol. The Bertz CT molecular complexity index is 2190. The minimum Gasteiger partial charge on any atom is -0.461 e. The summed E-state index contributed by atoms with van der Waals surface area (Å²) >= 11 is 12.0. The Hall–Kier alpha value is -5.42. The maximum absolute atomic E-state index is 12.9. The Labute approximate surface area is 305 Å². The van der Waals surface area contributed by atoms with Crippen LogP contribution in [0.5, 0.6) is 0 Å². The number of hydrogen-bond donors (Lipinski definition) is 2. The highest BCUT2D eigenvalue weighted by atomic mass is 35.5. The van der Waals surface area contributed by atoms with Crippen molar-refractivity contribution in [2.45, 2.75) is 6.92 Å². The number of halogens is 2. The van der Waals surface area contributed by atoms with Crippen LogP contribution in [0.3, 0.4) is 0 Å². The van der Waals surface area contributed by atoms with Crippen molar-refractivity contribution in [3.8, 4) is 22.4 Å². The van der Waals surface area contributed by atoms with Crippen LogP contribution in [0.2, 0.25) is 10.0 Å². The van der Waals surface area contributed by atoms with E-state index in [0.29, 0.717) is 33.5 Å². The summed E-state index contributed by atoms with van der Waals surface area (Å²) in [5.74, 6) is 0.535. The van der Waals surface area contributed by atoms with E-state index in [1.54, 1.807) is 42.5 Å². The van der Waals surface area contributed by atoms with Crippen molar-refractivity contribution in [3.05, 3.63) is 130 Å². The molecule has 6 aromatic rings. The summed E-state index contributed by atoms with van der Waals surface area (Å²) < 4.78 is 7.60. The molecule has 0 radical (unpaired) electrons. The molecule has 10 nitrogen and oxygen atoms in total. The molecule has 12 heteroatoms. The van der Waals surface area contributed by atoms with Crippen molar-refractivity contribution in [1.82, 2.24) is 19.5 Å². The second kappa shape index (κ2) is 15.2. The van der Waals surface area contributed by atoms with Crippen LogP contribution in [0.15, 0.2) is 109 Å². The quantitative estimate of drug-likeness (QED) is 0.145. The molecule has 1 saturated heterocycles. The summed E-state index contributed by atoms with van der Waals surface area (Å²) in [6.45, 7) is 6.01. The third-order valence-corrected chi connectivity index (χ3v) is 9.49. The number of rotatable bonds is 9. The number of aromatic nitrogens is 3. The first-order valence-corrected chi connectivity index (χ1v) is 17.4. The molecule has 2 N–H and O–H groups in total. The topological polar surface area (TPSA) is 104 Å². The number of aryl methyl sites for hydroxylation is 1. The highest BCUT2D eigenvalue weighted by Crippen LogP contribution is 2.33. The zero-order valence-corrected chi connectivity index (χ0v) is 29.4. The smallest absolute Gasteiger partial charge is 0.338 e. The molecule has 2 amide bonds. The van der Waals surface area contributed by atoms with Gasteiger partial charge in [-0.3, -0.25) is 4.90 Å². The standard InChI is InChI=1S/C39H35Cl2N7O3/c1-26-36(28-11-6-3-7-12-28)37-44-34(27-9-4-2-5-10-27)25-35(48(37)45-26)47-19-17-46(18-20-47)21-22-51-38(49)29-13-8-14-30(23-29)42-39(50)43-31-15-16-32(40)33(41)24-31/h2-16,23-25H,17-22H2,1H3,(H2,42,43,50). The number of carbonyl (C=O) groups excluding carboxylic acids is 2. The van der Waals surface area contributed by atoms with Crippen LogP contribution in [0.25, 0.3) is 28.0 Å². The van der Waals surface area contributed by atoms with Gasteiger partial charge in [0.15, 0.2) is 5.65 Å². The number of hydrogen-bond acceptors (Lipinski definition) is 7. The van der Waals surface area contributed by atoms with E-state index < -0.39 is 12.0 Å². The number of esters is 1. The lowest BCUT2D eigenvalue weighted by Crippen LogP contribution is -2.48. The summed E-state index contributed by atoms with van der Waals surface area (Å²) in [5, 5.41) is 11.1. The average molecular weight is 721 g/mol. The van der Waals surface area contributed by atoms with Gasteiger partial charge in [0.25, 0.3) is 0 Å². The first-order valence-electron chi connectivity index (χ1n) is 16.6. The molecule has 1 fully saturated rings. The van der Waals surface area contributed by atoms with E-state index in [4.69, 9.17) is 38.0 Å². The summed E-state index contributed by atoms with van der Waals surface area (Å²) in [6, 6.07) is 33.5. The predicted octanol–water partition coefficient (Wildman–Crippen LogP) is 8.30. The zero-order valence-electron chi connectivity index (χ0n) is 27.9. The van der Waals surface area contributed by atoms with Crippen molar-refractivity contribution in [2.75, 3.05) is 54.9 Å². The first-order chi connectivity index (χ1) is 24.8. The fraction of sp³-hybridized carbons (Fsp3) is 0.179. The maximum atomic E-state index is 12.9. The molecule has 0 aliphatic carbocycles. The number of amides is 2. The fourth-order valence-corrected chi connectivity index (χ4v) is 6.47. The van der Waals surface area contributed by atoms with Crippen molar-refractivity contribution in [2.24, 2.45) is 0 Å². The largest absolute Gasteiger partial charge is 0.461 e. The molecule has 1 aliphatic heterocycles. The molecule has 258 valence electrons. The second-order valence-electron chi connectivity index (χ2n) is 12.2. The lowest BCUT2D eigenvalue weighted by atomic mass is 10.1. The SMILES string of the molecule is Cc1nn2c(N3CCN(CCOC(=O)c4cccc(NC(=O)Nc5ccc(Cl)c(Cl)c5)c4)CC3)cc(-c3ccccc3)nc2c1-c1ccccc1. The van der Waals surface area contributed by atoms with Crippen LogP contribution < -0.4 is 15.5 Å². The van der Waals surface area contributed by atoms with Crippen molar-refractivity contribution >= 4 is 58.0 Å². The van der Waals surface area contributed by atoms with Crippen LogP contribution in [0.4, 0.5) is 22.0 Å². The number of fused-ring (bicyclic) bond motifs is 1. The van der Waals surface area contributed by atoms with Gasteiger partial charge in [-0.1, -0.05) is 89.9 Å². The molecule has 0 saturated carbocycles. The molecule has 0 unspecified atom stereocenters. The van der Waals surface area contributed by atoms with E-state index in [1.165, 1.54) is 0 Å². The minimum atomic E-state index is -0.485. The van der Waals surface area contributed by atoms with Gasteiger partial charge in [0.2, 0.25) is 0 Å². The number of nitrogens with zero attached hydrogens (tertiary/aromatic N) is 5. The first kappa shape index (κ1) is 34.0. The fourth-order valence-electron chi connectivity index (χ4n) is 6.18. The molecule has 0 spiro atoms. The van der Waals surface area contributed by atoms with E-state index in [0.717, 1.165) is 65.7 Å². The van der Waals surface area contributed by atoms with E-state index in [9.17, 15) is 9.59 Å². The maximum Gasteiger partial charge on any atom is 0.338 e. The Kier molecular flexibility index (Phi) is 10.2. The zero-order chi connectivity index (χ0) is 35.3. The molecule has 3 heterocycles. The van der Waals surface area contributed by atoms with Crippen molar-refractivity contribution in [1.29, 1.82) is 0 Å². The Morgan fingerprint density at radius 2 is 1.45 bits per heavy atom. The average Bonchev–Trinajstić information content (AvgIpc) is 3.49. The number of ether oxygens (including phenoxy) is 1. The van der Waals surface area contributed by atoms with E-state index >= 15 is 0 Å². The van der Waals surface area contributed by atoms with Gasteiger partial charge < -0.3 is 20.3 Å². The van der Waals surface area contributed by atoms with E-state index in [1.807, 2.05) is 47.8 Å². The normalized spacial score (nSPS) is 13.3. The predicted molar refractivity (Wildman–Crippen MR) is 203 cm³/mol. The molecular formula is C39H35Cl2N7O3. The van der Waals surface area contributed by atoms with Gasteiger partial charge in [-0.2, -0.15) is 9.61 Å². The number of piperazine rings is 1. The Balaban J connectivity index is 0.972. The van der Waals surface area contributed by atoms with Crippen LogP contribution in [-0.4, -0.2) is 70.8 Å². The minimum absolute atomic E-state index is 0.241. The molecule has 1 aliphatic rings.